The molecule has 22 heavy (non-hydrogen) atoms. The van der Waals surface area contributed by atoms with Crippen molar-refractivity contribution in [1.29, 1.82) is 0 Å². The Bertz CT molecular complexity index is 703. The van der Waals surface area contributed by atoms with E-state index in [0.29, 0.717) is 11.8 Å². The van der Waals surface area contributed by atoms with Crippen molar-refractivity contribution in [2.24, 2.45) is 11.8 Å². The number of nitrogens with one attached hydrogen (secondary N) is 1. The van der Waals surface area contributed by atoms with Crippen molar-refractivity contribution in [3.63, 3.8) is 0 Å². The maximum Gasteiger partial charge on any atom is 0.339 e. The number of sulfonamides is 1. The fourth-order valence-corrected chi connectivity index (χ4v) is 5.13. The minimum atomic E-state index is -3.66. The maximum atomic E-state index is 12.5. The topological polar surface area (TPSA) is 72.5 Å². The molecule has 0 unspecified atom stereocenters. The fraction of sp³-hybridized carbons (Fsp3) is 0.533. The highest BCUT2D eigenvalue weighted by Gasteiger charge is 2.41. The molecule has 2 bridgehead atoms. The van der Waals surface area contributed by atoms with Gasteiger partial charge in [-0.15, -0.1) is 0 Å². The van der Waals surface area contributed by atoms with Crippen molar-refractivity contribution in [1.82, 2.24) is 4.72 Å². The first-order valence-corrected chi connectivity index (χ1v) is 9.17. The monoisotopic (exact) mass is 343 g/mol. The number of hydrogen-bond donors (Lipinski definition) is 1. The molecule has 0 aromatic heterocycles. The van der Waals surface area contributed by atoms with E-state index >= 15 is 0 Å². The molecule has 2 fully saturated rings. The lowest BCUT2D eigenvalue weighted by atomic mass is 9.96. The summed E-state index contributed by atoms with van der Waals surface area (Å²) in [6, 6.07) is 4.08. The Morgan fingerprint density at radius 3 is 2.68 bits per heavy atom. The molecule has 7 heteroatoms. The molecule has 0 amide bonds. The lowest BCUT2D eigenvalue weighted by Crippen LogP contribution is -2.38. The molecule has 1 aromatic carbocycles. The molecule has 1 N–H and O–H groups in total. The molecule has 2 saturated carbocycles. The van der Waals surface area contributed by atoms with E-state index < -0.39 is 16.0 Å². The second-order valence-electron chi connectivity index (χ2n) is 6.04. The number of esters is 1. The van der Waals surface area contributed by atoms with Gasteiger partial charge >= 0.3 is 5.97 Å². The van der Waals surface area contributed by atoms with E-state index in [-0.39, 0.29) is 21.5 Å². The van der Waals surface area contributed by atoms with E-state index in [2.05, 4.69) is 9.46 Å². The van der Waals surface area contributed by atoms with Gasteiger partial charge in [-0.2, -0.15) is 0 Å². The number of benzene rings is 1. The largest absolute Gasteiger partial charge is 0.465 e. The van der Waals surface area contributed by atoms with Crippen LogP contribution in [0.1, 0.15) is 36.0 Å². The van der Waals surface area contributed by atoms with Crippen molar-refractivity contribution in [3.05, 3.63) is 28.8 Å². The summed E-state index contributed by atoms with van der Waals surface area (Å²) in [5.41, 5.74) is 0.0555. The van der Waals surface area contributed by atoms with E-state index in [4.69, 9.17) is 11.6 Å². The third kappa shape index (κ3) is 2.87. The lowest BCUT2D eigenvalue weighted by Gasteiger charge is -2.22. The molecule has 0 heterocycles. The minimum absolute atomic E-state index is 0.000930. The van der Waals surface area contributed by atoms with Gasteiger partial charge < -0.3 is 4.74 Å². The molecule has 5 nitrogen and oxygen atoms in total. The van der Waals surface area contributed by atoms with Gasteiger partial charge in [-0.3, -0.25) is 0 Å². The van der Waals surface area contributed by atoms with E-state index in [9.17, 15) is 13.2 Å². The zero-order chi connectivity index (χ0) is 15.9. The Morgan fingerprint density at radius 1 is 1.32 bits per heavy atom. The second-order valence-corrected chi connectivity index (χ2v) is 8.16. The van der Waals surface area contributed by atoms with Crippen LogP contribution in [0, 0.1) is 11.8 Å². The van der Waals surface area contributed by atoms with Crippen LogP contribution in [0.15, 0.2) is 23.1 Å². The van der Waals surface area contributed by atoms with Gasteiger partial charge in [0.05, 0.1) is 22.6 Å². The molecule has 2 aliphatic carbocycles. The smallest absolute Gasteiger partial charge is 0.339 e. The summed E-state index contributed by atoms with van der Waals surface area (Å²) in [4.78, 5) is 11.7. The van der Waals surface area contributed by atoms with Crippen LogP contribution in [0.25, 0.3) is 0 Å². The van der Waals surface area contributed by atoms with Gasteiger partial charge in [-0.25, -0.2) is 17.9 Å². The summed E-state index contributed by atoms with van der Waals surface area (Å²) in [6.07, 6.45) is 4.31. The van der Waals surface area contributed by atoms with Crippen molar-refractivity contribution < 1.29 is 17.9 Å². The van der Waals surface area contributed by atoms with Crippen LogP contribution in [-0.2, 0) is 14.8 Å². The van der Waals surface area contributed by atoms with Crippen molar-refractivity contribution in [2.75, 3.05) is 7.11 Å². The van der Waals surface area contributed by atoms with Gasteiger partial charge in [0.1, 0.15) is 0 Å². The molecule has 3 rings (SSSR count). The third-order valence-electron chi connectivity index (χ3n) is 4.70. The van der Waals surface area contributed by atoms with Crippen LogP contribution in [0.5, 0.6) is 0 Å². The summed E-state index contributed by atoms with van der Waals surface area (Å²) in [6.45, 7) is 0. The van der Waals surface area contributed by atoms with Gasteiger partial charge in [-0.05, 0) is 49.3 Å². The maximum absolute atomic E-state index is 12.5. The van der Waals surface area contributed by atoms with E-state index in [1.165, 1.54) is 31.7 Å². The Hall–Kier alpha value is -1.11. The Kier molecular flexibility index (Phi) is 4.18. The van der Waals surface area contributed by atoms with Gasteiger partial charge in [0, 0.05) is 6.04 Å². The predicted octanol–water partition coefficient (Wildman–Crippen LogP) is 2.59. The minimum Gasteiger partial charge on any atom is -0.465 e. The van der Waals surface area contributed by atoms with Gasteiger partial charge in [0.2, 0.25) is 10.0 Å². The highest BCUT2D eigenvalue weighted by Crippen LogP contribution is 2.44. The van der Waals surface area contributed by atoms with Gasteiger partial charge in [0.25, 0.3) is 0 Å². The number of hydrogen-bond acceptors (Lipinski definition) is 4. The van der Waals surface area contributed by atoms with E-state index in [1.807, 2.05) is 0 Å². The quantitative estimate of drug-likeness (QED) is 0.853. The molecule has 0 aliphatic heterocycles. The first-order chi connectivity index (χ1) is 10.4. The summed E-state index contributed by atoms with van der Waals surface area (Å²) < 4.78 is 32.5. The predicted molar refractivity (Wildman–Crippen MR) is 82.3 cm³/mol. The molecule has 0 spiro atoms. The van der Waals surface area contributed by atoms with Crippen molar-refractivity contribution >= 4 is 27.6 Å². The lowest BCUT2D eigenvalue weighted by molar-refractivity contribution is 0.0600. The van der Waals surface area contributed by atoms with Crippen LogP contribution in [-0.4, -0.2) is 27.5 Å². The highest BCUT2D eigenvalue weighted by atomic mass is 35.5. The molecular weight excluding hydrogens is 326 g/mol. The SMILES string of the molecule is COC(=O)c1cc(S(=O)(=O)N[C@@H]2C[C@H]3CC[C@H]2C3)ccc1Cl. The number of ether oxygens (including phenoxy) is 1. The van der Waals surface area contributed by atoms with Gasteiger partial charge in [0.15, 0.2) is 0 Å². The molecule has 3 atom stereocenters. The first-order valence-electron chi connectivity index (χ1n) is 7.31. The Balaban J connectivity index is 1.84. The first kappa shape index (κ1) is 15.8. The molecule has 120 valence electrons. The van der Waals surface area contributed by atoms with Crippen LogP contribution in [0.4, 0.5) is 0 Å². The molecule has 0 saturated heterocycles. The molecule has 0 radical (unpaired) electrons. The normalized spacial score (nSPS) is 27.1. The second kappa shape index (κ2) is 5.83. The van der Waals surface area contributed by atoms with Crippen LogP contribution in [0.3, 0.4) is 0 Å². The van der Waals surface area contributed by atoms with Crippen LogP contribution >= 0.6 is 11.6 Å². The zero-order valence-corrected chi connectivity index (χ0v) is 13.8. The fourth-order valence-electron chi connectivity index (χ4n) is 3.59. The average Bonchev–Trinajstić information content (AvgIpc) is 3.08. The zero-order valence-electron chi connectivity index (χ0n) is 12.2. The molecule has 1 aromatic rings. The van der Waals surface area contributed by atoms with E-state index in [0.717, 1.165) is 19.3 Å². The number of halogens is 1. The summed E-state index contributed by atoms with van der Waals surface area (Å²) in [5, 5.41) is 0.172. The standard InChI is InChI=1S/C15H18ClNO4S/c1-21-15(18)12-8-11(4-5-13(12)16)22(19,20)17-14-7-9-2-3-10(14)6-9/h4-5,8-10,14,17H,2-3,6-7H2,1H3/t9-,10-,14+/m0/s1. The van der Waals surface area contributed by atoms with Crippen molar-refractivity contribution in [2.45, 2.75) is 36.6 Å². The number of carbonyl (C=O) groups excluding carboxylic acids is 1. The number of fused-ring (bicyclic) bond motifs is 2. The summed E-state index contributed by atoms with van der Waals surface area (Å²) >= 11 is 5.93. The number of rotatable bonds is 4. The third-order valence-corrected chi connectivity index (χ3v) is 6.52. The number of methoxy groups -OCH3 is 1. The van der Waals surface area contributed by atoms with Crippen LogP contribution < -0.4 is 4.72 Å². The summed E-state index contributed by atoms with van der Waals surface area (Å²) in [5.74, 6) is 0.433. The molecular formula is C15H18ClNO4S. The average molecular weight is 344 g/mol. The Labute approximate surface area is 135 Å². The van der Waals surface area contributed by atoms with Crippen molar-refractivity contribution in [3.8, 4) is 0 Å². The Morgan fingerprint density at radius 2 is 2.09 bits per heavy atom. The van der Waals surface area contributed by atoms with Gasteiger partial charge in [-0.1, -0.05) is 18.0 Å². The molecule has 2 aliphatic rings. The van der Waals surface area contributed by atoms with E-state index in [1.54, 1.807) is 0 Å². The van der Waals surface area contributed by atoms with Crippen LogP contribution in [0.2, 0.25) is 5.02 Å². The number of carbonyl (C=O) groups is 1. The highest BCUT2D eigenvalue weighted by molar-refractivity contribution is 7.89. The summed E-state index contributed by atoms with van der Waals surface area (Å²) in [7, 11) is -2.43.